The molecule has 62 valence electrons. The minimum atomic E-state index is 0.537. The van der Waals surface area contributed by atoms with Crippen LogP contribution in [0.1, 0.15) is 5.56 Å². The van der Waals surface area contributed by atoms with Gasteiger partial charge in [0.05, 0.1) is 5.56 Å². The summed E-state index contributed by atoms with van der Waals surface area (Å²) in [6.45, 7) is 0. The van der Waals surface area contributed by atoms with E-state index in [1.54, 1.807) is 30.6 Å². The summed E-state index contributed by atoms with van der Waals surface area (Å²) >= 11 is 0. The van der Waals surface area contributed by atoms with E-state index in [0.717, 1.165) is 0 Å². The fraction of sp³-hybridized carbons (Fsp3) is 0. The molecule has 0 spiro atoms. The Balaban J connectivity index is 2.59. The molecule has 0 amide bonds. The molecular weight excluding hydrogens is 164 g/mol. The van der Waals surface area contributed by atoms with Gasteiger partial charge in [0.15, 0.2) is 0 Å². The molecular formula is C9H6N4. The lowest BCUT2D eigenvalue weighted by Crippen LogP contribution is -1.87. The van der Waals surface area contributed by atoms with Crippen molar-refractivity contribution >= 4 is 0 Å². The number of pyridine rings is 1. The number of aromatic nitrogens is 3. The van der Waals surface area contributed by atoms with Crippen molar-refractivity contribution in [1.29, 1.82) is 5.26 Å². The smallest absolute Gasteiger partial charge is 0.112 e. The molecule has 0 unspecified atom stereocenters. The lowest BCUT2D eigenvalue weighted by molar-refractivity contribution is 1.08. The van der Waals surface area contributed by atoms with Crippen molar-refractivity contribution in [3.8, 4) is 17.5 Å². The van der Waals surface area contributed by atoms with Gasteiger partial charge in [0, 0.05) is 12.4 Å². The Morgan fingerprint density at radius 2 is 2.31 bits per heavy atom. The normalized spacial score (nSPS) is 9.46. The van der Waals surface area contributed by atoms with Gasteiger partial charge in [-0.1, -0.05) is 0 Å². The molecule has 0 aliphatic carbocycles. The van der Waals surface area contributed by atoms with Gasteiger partial charge in [0.25, 0.3) is 0 Å². The van der Waals surface area contributed by atoms with Crippen LogP contribution in [0.4, 0.5) is 0 Å². The number of nitriles is 1. The van der Waals surface area contributed by atoms with E-state index in [0.29, 0.717) is 17.0 Å². The molecule has 0 aromatic carbocycles. The van der Waals surface area contributed by atoms with E-state index in [2.05, 4.69) is 21.3 Å². The second kappa shape index (κ2) is 3.07. The first-order valence-corrected chi connectivity index (χ1v) is 3.77. The molecule has 2 heterocycles. The average molecular weight is 170 g/mol. The summed E-state index contributed by atoms with van der Waals surface area (Å²) in [5.74, 6) is 0. The van der Waals surface area contributed by atoms with Crippen LogP contribution in [-0.4, -0.2) is 15.2 Å². The van der Waals surface area contributed by atoms with Gasteiger partial charge < -0.3 is 0 Å². The van der Waals surface area contributed by atoms with Gasteiger partial charge in [0.2, 0.25) is 0 Å². The van der Waals surface area contributed by atoms with Crippen molar-refractivity contribution in [2.24, 2.45) is 0 Å². The van der Waals surface area contributed by atoms with Crippen LogP contribution in [0.15, 0.2) is 30.6 Å². The van der Waals surface area contributed by atoms with Gasteiger partial charge in [-0.2, -0.15) is 10.4 Å². The first kappa shape index (κ1) is 7.50. The average Bonchev–Trinajstić information content (AvgIpc) is 2.70. The first-order chi connectivity index (χ1) is 6.42. The number of H-pyrrole nitrogens is 1. The molecule has 2 aromatic heterocycles. The summed E-state index contributed by atoms with van der Waals surface area (Å²) in [6.07, 6.45) is 3.34. The molecule has 0 atom stereocenters. The van der Waals surface area contributed by atoms with E-state index in [9.17, 15) is 0 Å². The third-order valence-electron chi connectivity index (χ3n) is 1.67. The molecule has 0 aliphatic rings. The molecule has 13 heavy (non-hydrogen) atoms. The van der Waals surface area contributed by atoms with Crippen LogP contribution < -0.4 is 0 Å². The van der Waals surface area contributed by atoms with Crippen molar-refractivity contribution in [2.45, 2.75) is 0 Å². The molecule has 0 saturated heterocycles. The van der Waals surface area contributed by atoms with Gasteiger partial charge in [-0.3, -0.25) is 10.1 Å². The Morgan fingerprint density at radius 3 is 3.00 bits per heavy atom. The van der Waals surface area contributed by atoms with E-state index < -0.39 is 0 Å². The van der Waals surface area contributed by atoms with E-state index in [1.165, 1.54) is 0 Å². The van der Waals surface area contributed by atoms with Crippen LogP contribution in [0.25, 0.3) is 11.4 Å². The monoisotopic (exact) mass is 170 g/mol. The highest BCUT2D eigenvalue weighted by Crippen LogP contribution is 2.16. The van der Waals surface area contributed by atoms with Crippen LogP contribution in [-0.2, 0) is 0 Å². The van der Waals surface area contributed by atoms with Gasteiger partial charge in [0.1, 0.15) is 17.5 Å². The standard InChI is InChI=1S/C9H6N4/c10-6-7-2-1-4-11-9(7)8-3-5-12-13-8/h1-5H,(H,12,13). The fourth-order valence-electron chi connectivity index (χ4n) is 1.09. The number of hydrogen-bond donors (Lipinski definition) is 1. The summed E-state index contributed by atoms with van der Waals surface area (Å²) in [5.41, 5.74) is 1.85. The van der Waals surface area contributed by atoms with E-state index in [-0.39, 0.29) is 0 Å². The number of nitrogens with zero attached hydrogens (tertiary/aromatic N) is 3. The molecule has 0 saturated carbocycles. The predicted molar refractivity (Wildman–Crippen MR) is 46.5 cm³/mol. The third kappa shape index (κ3) is 1.27. The lowest BCUT2D eigenvalue weighted by atomic mass is 10.2. The zero-order chi connectivity index (χ0) is 9.10. The Kier molecular flexibility index (Phi) is 1.77. The summed E-state index contributed by atoms with van der Waals surface area (Å²) in [5, 5.41) is 15.4. The Labute approximate surface area is 74.9 Å². The lowest BCUT2D eigenvalue weighted by Gasteiger charge is -1.96. The zero-order valence-corrected chi connectivity index (χ0v) is 6.73. The maximum Gasteiger partial charge on any atom is 0.112 e. The van der Waals surface area contributed by atoms with Crippen molar-refractivity contribution in [2.75, 3.05) is 0 Å². The highest BCUT2D eigenvalue weighted by molar-refractivity contribution is 5.61. The molecule has 1 N–H and O–H groups in total. The van der Waals surface area contributed by atoms with E-state index in [1.807, 2.05) is 0 Å². The maximum atomic E-state index is 8.79. The maximum absolute atomic E-state index is 8.79. The topological polar surface area (TPSA) is 65.4 Å². The minimum absolute atomic E-state index is 0.537. The number of hydrogen-bond acceptors (Lipinski definition) is 3. The molecule has 2 rings (SSSR count). The van der Waals surface area contributed by atoms with Crippen LogP contribution >= 0.6 is 0 Å². The second-order valence-electron chi connectivity index (χ2n) is 2.47. The van der Waals surface area contributed by atoms with Gasteiger partial charge in [-0.25, -0.2) is 0 Å². The highest BCUT2D eigenvalue weighted by atomic mass is 15.1. The quantitative estimate of drug-likeness (QED) is 0.702. The minimum Gasteiger partial charge on any atom is -0.285 e. The largest absolute Gasteiger partial charge is 0.285 e. The molecule has 0 fully saturated rings. The van der Waals surface area contributed by atoms with Crippen molar-refractivity contribution < 1.29 is 0 Å². The summed E-state index contributed by atoms with van der Waals surface area (Å²) in [4.78, 5) is 4.09. The van der Waals surface area contributed by atoms with Crippen molar-refractivity contribution in [3.63, 3.8) is 0 Å². The fourth-order valence-corrected chi connectivity index (χ4v) is 1.09. The van der Waals surface area contributed by atoms with E-state index in [4.69, 9.17) is 5.26 Å². The highest BCUT2D eigenvalue weighted by Gasteiger charge is 2.06. The number of rotatable bonds is 1. The van der Waals surface area contributed by atoms with Crippen LogP contribution in [0.2, 0.25) is 0 Å². The zero-order valence-electron chi connectivity index (χ0n) is 6.73. The van der Waals surface area contributed by atoms with Gasteiger partial charge >= 0.3 is 0 Å². The van der Waals surface area contributed by atoms with E-state index >= 15 is 0 Å². The first-order valence-electron chi connectivity index (χ1n) is 3.77. The summed E-state index contributed by atoms with van der Waals surface area (Å²) in [6, 6.07) is 7.30. The van der Waals surface area contributed by atoms with Crippen LogP contribution in [0.5, 0.6) is 0 Å². The second-order valence-corrected chi connectivity index (χ2v) is 2.47. The SMILES string of the molecule is N#Cc1cccnc1-c1cc[nH]n1. The molecule has 2 aromatic rings. The molecule has 4 nitrogen and oxygen atoms in total. The van der Waals surface area contributed by atoms with Crippen molar-refractivity contribution in [3.05, 3.63) is 36.2 Å². The Morgan fingerprint density at radius 1 is 1.38 bits per heavy atom. The predicted octanol–water partition coefficient (Wildman–Crippen LogP) is 1.34. The molecule has 0 aliphatic heterocycles. The molecule has 4 heteroatoms. The third-order valence-corrected chi connectivity index (χ3v) is 1.67. The molecule has 0 bridgehead atoms. The van der Waals surface area contributed by atoms with Crippen LogP contribution in [0.3, 0.4) is 0 Å². The Hall–Kier alpha value is -2.15. The summed E-state index contributed by atoms with van der Waals surface area (Å²) in [7, 11) is 0. The van der Waals surface area contributed by atoms with Gasteiger partial charge in [-0.05, 0) is 18.2 Å². The van der Waals surface area contributed by atoms with Crippen molar-refractivity contribution in [1.82, 2.24) is 15.2 Å². The number of nitrogens with one attached hydrogen (secondary N) is 1. The number of aromatic amines is 1. The van der Waals surface area contributed by atoms with Gasteiger partial charge in [-0.15, -0.1) is 0 Å². The Bertz CT molecular complexity index is 439. The summed E-state index contributed by atoms with van der Waals surface area (Å²) < 4.78 is 0. The van der Waals surface area contributed by atoms with Crippen LogP contribution in [0, 0.1) is 11.3 Å². The molecule has 0 radical (unpaired) electrons.